The maximum Gasteiger partial charge on any atom is 0.244 e. The molecule has 0 saturated heterocycles. The lowest BCUT2D eigenvalue weighted by Crippen LogP contribution is -2.32. The van der Waals surface area contributed by atoms with Crippen molar-refractivity contribution in [2.45, 2.75) is 19.4 Å². The van der Waals surface area contributed by atoms with Gasteiger partial charge in [0, 0.05) is 6.54 Å². The number of benzene rings is 1. The highest BCUT2D eigenvalue weighted by molar-refractivity contribution is 5.79. The van der Waals surface area contributed by atoms with E-state index in [1.165, 1.54) is 17.3 Å². The second-order valence-corrected chi connectivity index (χ2v) is 4.26. The molecule has 0 fully saturated rings. The second-order valence-electron chi connectivity index (χ2n) is 4.26. The fourth-order valence-electron chi connectivity index (χ4n) is 1.68. The quantitative estimate of drug-likeness (QED) is 0.837. The predicted octanol–water partition coefficient (Wildman–Crippen LogP) is 0.904. The van der Waals surface area contributed by atoms with Crippen molar-refractivity contribution in [2.75, 3.05) is 6.54 Å². The number of nitrogens with one attached hydrogen (secondary N) is 1. The predicted molar refractivity (Wildman–Crippen MR) is 69.6 cm³/mol. The fraction of sp³-hybridized carbons (Fsp3) is 0.308. The van der Waals surface area contributed by atoms with E-state index in [2.05, 4.69) is 15.4 Å². The molecule has 0 aliphatic heterocycles. The fourth-order valence-corrected chi connectivity index (χ4v) is 1.68. The molecule has 0 bridgehead atoms. The van der Waals surface area contributed by atoms with Crippen molar-refractivity contribution in [1.29, 1.82) is 0 Å². The van der Waals surface area contributed by atoms with Gasteiger partial charge in [-0.2, -0.15) is 5.10 Å². The Bertz CT molecular complexity index is 522. The molecule has 0 radical (unpaired) electrons. The molecular formula is C13H16N4O2. The summed E-state index contributed by atoms with van der Waals surface area (Å²) in [4.78, 5) is 15.7. The minimum atomic E-state index is -0.373. The van der Waals surface area contributed by atoms with Gasteiger partial charge in [-0.05, 0) is 31.0 Å². The SMILES string of the molecule is CC(C(=O)NCCc1ccc(O)cc1)n1cncn1. The summed E-state index contributed by atoms with van der Waals surface area (Å²) in [5.41, 5.74) is 1.06. The van der Waals surface area contributed by atoms with Gasteiger partial charge >= 0.3 is 0 Å². The highest BCUT2D eigenvalue weighted by Gasteiger charge is 2.14. The summed E-state index contributed by atoms with van der Waals surface area (Å²) >= 11 is 0. The second kappa shape index (κ2) is 5.99. The van der Waals surface area contributed by atoms with Crippen molar-refractivity contribution >= 4 is 5.91 Å². The minimum absolute atomic E-state index is 0.0933. The van der Waals surface area contributed by atoms with Crippen molar-refractivity contribution in [3.8, 4) is 5.75 Å². The number of carbonyl (C=O) groups excluding carboxylic acids is 1. The van der Waals surface area contributed by atoms with Crippen LogP contribution >= 0.6 is 0 Å². The lowest BCUT2D eigenvalue weighted by Gasteiger charge is -2.11. The normalized spacial score (nSPS) is 12.1. The molecule has 1 aromatic carbocycles. The van der Waals surface area contributed by atoms with E-state index in [-0.39, 0.29) is 17.7 Å². The molecule has 1 amide bonds. The van der Waals surface area contributed by atoms with Crippen LogP contribution in [0.15, 0.2) is 36.9 Å². The number of nitrogens with zero attached hydrogens (tertiary/aromatic N) is 3. The molecular weight excluding hydrogens is 244 g/mol. The minimum Gasteiger partial charge on any atom is -0.508 e. The molecule has 1 unspecified atom stereocenters. The average Bonchev–Trinajstić information content (AvgIpc) is 2.94. The highest BCUT2D eigenvalue weighted by Crippen LogP contribution is 2.09. The van der Waals surface area contributed by atoms with Crippen LogP contribution in [0.5, 0.6) is 5.75 Å². The zero-order chi connectivity index (χ0) is 13.7. The molecule has 2 rings (SSSR count). The Morgan fingerprint density at radius 1 is 1.42 bits per heavy atom. The van der Waals surface area contributed by atoms with Crippen LogP contribution in [-0.2, 0) is 11.2 Å². The van der Waals surface area contributed by atoms with Gasteiger partial charge in [0.05, 0.1) is 0 Å². The molecule has 1 atom stereocenters. The number of rotatable bonds is 5. The maximum absolute atomic E-state index is 11.8. The number of carbonyl (C=O) groups is 1. The van der Waals surface area contributed by atoms with E-state index in [4.69, 9.17) is 5.11 Å². The van der Waals surface area contributed by atoms with Gasteiger partial charge in [-0.15, -0.1) is 0 Å². The number of amides is 1. The Morgan fingerprint density at radius 3 is 2.79 bits per heavy atom. The highest BCUT2D eigenvalue weighted by atomic mass is 16.3. The lowest BCUT2D eigenvalue weighted by molar-refractivity contribution is -0.124. The smallest absolute Gasteiger partial charge is 0.244 e. The molecule has 1 heterocycles. The first-order chi connectivity index (χ1) is 9.16. The number of hydrogen-bond acceptors (Lipinski definition) is 4. The summed E-state index contributed by atoms with van der Waals surface area (Å²) in [5.74, 6) is 0.150. The van der Waals surface area contributed by atoms with Gasteiger partial charge in [0.15, 0.2) is 0 Å². The zero-order valence-corrected chi connectivity index (χ0v) is 10.7. The molecule has 0 aliphatic carbocycles. The third-order valence-electron chi connectivity index (χ3n) is 2.86. The topological polar surface area (TPSA) is 80.0 Å². The van der Waals surface area contributed by atoms with E-state index in [1.807, 2.05) is 12.1 Å². The molecule has 19 heavy (non-hydrogen) atoms. The van der Waals surface area contributed by atoms with Crippen LogP contribution < -0.4 is 5.32 Å². The number of hydrogen-bond donors (Lipinski definition) is 2. The van der Waals surface area contributed by atoms with Gasteiger partial charge in [-0.25, -0.2) is 9.67 Å². The first kappa shape index (κ1) is 13.1. The number of aromatic nitrogens is 3. The van der Waals surface area contributed by atoms with Crippen molar-refractivity contribution in [1.82, 2.24) is 20.1 Å². The van der Waals surface area contributed by atoms with Gasteiger partial charge in [-0.1, -0.05) is 12.1 Å². The van der Waals surface area contributed by atoms with Crippen molar-refractivity contribution in [3.05, 3.63) is 42.5 Å². The number of phenols is 1. The Hall–Kier alpha value is -2.37. The molecule has 6 heteroatoms. The molecule has 0 spiro atoms. The Labute approximate surface area is 111 Å². The molecule has 1 aromatic heterocycles. The van der Waals surface area contributed by atoms with Crippen molar-refractivity contribution in [3.63, 3.8) is 0 Å². The Balaban J connectivity index is 1.79. The third kappa shape index (κ3) is 3.54. The summed E-state index contributed by atoms with van der Waals surface area (Å²) in [6.07, 6.45) is 3.64. The van der Waals surface area contributed by atoms with E-state index in [1.54, 1.807) is 19.1 Å². The van der Waals surface area contributed by atoms with Crippen LogP contribution in [0.1, 0.15) is 18.5 Å². The molecule has 2 N–H and O–H groups in total. The summed E-state index contributed by atoms with van der Waals surface area (Å²) in [6.45, 7) is 2.31. The number of aromatic hydroxyl groups is 1. The molecule has 0 aliphatic rings. The Morgan fingerprint density at radius 2 is 2.16 bits per heavy atom. The van der Waals surface area contributed by atoms with Crippen molar-refractivity contribution < 1.29 is 9.90 Å². The van der Waals surface area contributed by atoms with Gasteiger partial charge in [-0.3, -0.25) is 4.79 Å². The maximum atomic E-state index is 11.8. The lowest BCUT2D eigenvalue weighted by atomic mass is 10.1. The summed E-state index contributed by atoms with van der Waals surface area (Å²) in [5, 5.41) is 15.9. The van der Waals surface area contributed by atoms with Crippen LogP contribution in [0, 0.1) is 0 Å². The van der Waals surface area contributed by atoms with E-state index >= 15 is 0 Å². The first-order valence-corrected chi connectivity index (χ1v) is 6.06. The monoisotopic (exact) mass is 260 g/mol. The van der Waals surface area contributed by atoms with Crippen LogP contribution in [-0.4, -0.2) is 32.3 Å². The van der Waals surface area contributed by atoms with Gasteiger partial charge < -0.3 is 10.4 Å². The van der Waals surface area contributed by atoms with Gasteiger partial charge in [0.2, 0.25) is 5.91 Å². The van der Waals surface area contributed by atoms with E-state index in [0.29, 0.717) is 6.54 Å². The average molecular weight is 260 g/mol. The molecule has 6 nitrogen and oxygen atoms in total. The first-order valence-electron chi connectivity index (χ1n) is 6.06. The molecule has 100 valence electrons. The third-order valence-corrected chi connectivity index (χ3v) is 2.86. The van der Waals surface area contributed by atoms with E-state index in [9.17, 15) is 4.79 Å². The summed E-state index contributed by atoms with van der Waals surface area (Å²) in [6, 6.07) is 6.57. The standard InChI is InChI=1S/C13H16N4O2/c1-10(17-9-14-8-16-17)13(19)15-7-6-11-2-4-12(18)5-3-11/h2-5,8-10,18H,6-7H2,1H3,(H,15,19). The molecule has 2 aromatic rings. The van der Waals surface area contributed by atoms with Gasteiger partial charge in [0.1, 0.15) is 24.4 Å². The van der Waals surface area contributed by atoms with E-state index < -0.39 is 0 Å². The van der Waals surface area contributed by atoms with Crippen LogP contribution in [0.4, 0.5) is 0 Å². The van der Waals surface area contributed by atoms with Crippen molar-refractivity contribution in [2.24, 2.45) is 0 Å². The summed E-state index contributed by atoms with van der Waals surface area (Å²) in [7, 11) is 0. The Kier molecular flexibility index (Phi) is 4.12. The summed E-state index contributed by atoms with van der Waals surface area (Å²) < 4.78 is 1.51. The van der Waals surface area contributed by atoms with Crippen LogP contribution in [0.3, 0.4) is 0 Å². The zero-order valence-electron chi connectivity index (χ0n) is 10.7. The van der Waals surface area contributed by atoms with Crippen LogP contribution in [0.25, 0.3) is 0 Å². The largest absolute Gasteiger partial charge is 0.508 e. The van der Waals surface area contributed by atoms with Gasteiger partial charge in [0.25, 0.3) is 0 Å². The van der Waals surface area contributed by atoms with Crippen LogP contribution in [0.2, 0.25) is 0 Å². The molecule has 0 saturated carbocycles. The number of phenolic OH excluding ortho intramolecular Hbond substituents is 1. The van der Waals surface area contributed by atoms with E-state index in [0.717, 1.165) is 12.0 Å².